The van der Waals surface area contributed by atoms with Crippen LogP contribution in [0.25, 0.3) is 39.2 Å². The zero-order valence-electron chi connectivity index (χ0n) is 17.5. The molecule has 5 rings (SSSR count). The van der Waals surface area contributed by atoms with Crippen LogP contribution in [0.4, 0.5) is 0 Å². The molecule has 0 aliphatic carbocycles. The van der Waals surface area contributed by atoms with Gasteiger partial charge in [0, 0.05) is 5.56 Å². The quantitative estimate of drug-likeness (QED) is 0.405. The van der Waals surface area contributed by atoms with Gasteiger partial charge in [0.2, 0.25) is 0 Å². The van der Waals surface area contributed by atoms with Gasteiger partial charge in [-0.05, 0) is 42.3 Å². The third-order valence-corrected chi connectivity index (χ3v) is 5.21. The second-order valence-corrected chi connectivity index (χ2v) is 7.16. The molecule has 0 saturated heterocycles. The normalized spacial score (nSPS) is 11.1. The van der Waals surface area contributed by atoms with Crippen LogP contribution in [-0.2, 0) is 0 Å². The van der Waals surface area contributed by atoms with E-state index in [1.165, 1.54) is 0 Å². The highest BCUT2D eigenvalue weighted by Gasteiger charge is 2.20. The third-order valence-electron chi connectivity index (χ3n) is 5.21. The number of rotatable bonds is 6. The summed E-state index contributed by atoms with van der Waals surface area (Å²) >= 11 is 0. The Balaban J connectivity index is 1.64. The summed E-state index contributed by atoms with van der Waals surface area (Å²) in [7, 11) is 0. The van der Waals surface area contributed by atoms with Gasteiger partial charge in [0.25, 0.3) is 0 Å². The topological polar surface area (TPSA) is 123 Å². The van der Waals surface area contributed by atoms with Crippen molar-refractivity contribution < 1.29 is 19.2 Å². The van der Waals surface area contributed by atoms with Crippen LogP contribution in [0.2, 0.25) is 0 Å². The number of carboxylic acids is 1. The molecule has 0 spiro atoms. The first-order valence-electron chi connectivity index (χ1n) is 10.2. The fraction of sp³-hybridized carbons (Fsp3) is 0.0833. The van der Waals surface area contributed by atoms with E-state index in [4.69, 9.17) is 9.26 Å². The Bertz CT molecular complexity index is 1530. The maximum absolute atomic E-state index is 11.9. The predicted molar refractivity (Wildman–Crippen MR) is 121 cm³/mol. The van der Waals surface area contributed by atoms with Crippen LogP contribution < -0.4 is 10.5 Å². The molecule has 0 bridgehead atoms. The highest BCUT2D eigenvalue weighted by atomic mass is 16.5. The van der Waals surface area contributed by atoms with Crippen LogP contribution in [0.3, 0.4) is 0 Å². The van der Waals surface area contributed by atoms with Gasteiger partial charge in [0.15, 0.2) is 5.82 Å². The molecule has 2 N–H and O–H groups in total. The van der Waals surface area contributed by atoms with Crippen molar-refractivity contribution in [3.63, 3.8) is 0 Å². The molecule has 2 aromatic heterocycles. The molecule has 0 unspecified atom stereocenters. The summed E-state index contributed by atoms with van der Waals surface area (Å²) in [6.45, 7) is 2.23. The van der Waals surface area contributed by atoms with Crippen molar-refractivity contribution in [2.75, 3.05) is 6.61 Å². The maximum Gasteiger partial charge on any atom is 0.460 e. The number of carboxylic acid groups (broad SMARTS) is 1. The third kappa shape index (κ3) is 3.55. The van der Waals surface area contributed by atoms with Crippen LogP contribution in [-0.4, -0.2) is 37.4 Å². The summed E-state index contributed by atoms with van der Waals surface area (Å²) in [4.78, 5) is 31.6. The van der Waals surface area contributed by atoms with E-state index < -0.39 is 11.7 Å². The Labute approximate surface area is 186 Å². The number of benzene rings is 3. The molecule has 0 fully saturated rings. The number of H-pyrrole nitrogens is 1. The monoisotopic (exact) mass is 442 g/mol. The standard InChI is InChI=1S/C24H18N4O5/c1-2-32-23-25-19-9-5-8-18(22(29)30)20(19)28(23)15-12-10-14(11-13-15)16-6-3-4-7-17(16)21-26-24(31)33-27-21/h3-13H,2H2,1H3,(H,29,30)(H,26,27,31). The summed E-state index contributed by atoms with van der Waals surface area (Å²) in [5.41, 5.74) is 4.26. The van der Waals surface area contributed by atoms with Crippen molar-refractivity contribution in [1.29, 1.82) is 0 Å². The van der Waals surface area contributed by atoms with Gasteiger partial charge < -0.3 is 14.4 Å². The number of fused-ring (bicyclic) bond motifs is 1. The average molecular weight is 442 g/mol. The van der Waals surface area contributed by atoms with E-state index in [9.17, 15) is 14.7 Å². The lowest BCUT2D eigenvalue weighted by Crippen LogP contribution is -2.05. The maximum atomic E-state index is 11.9. The lowest BCUT2D eigenvalue weighted by molar-refractivity contribution is 0.0698. The lowest BCUT2D eigenvalue weighted by atomic mass is 9.99. The zero-order valence-corrected chi connectivity index (χ0v) is 17.5. The number of aromatic nitrogens is 4. The first-order valence-corrected chi connectivity index (χ1v) is 10.2. The molecule has 0 aliphatic rings. The molecule has 0 atom stereocenters. The minimum absolute atomic E-state index is 0.135. The second-order valence-electron chi connectivity index (χ2n) is 7.16. The highest BCUT2D eigenvalue weighted by molar-refractivity contribution is 6.02. The molecular weight excluding hydrogens is 424 g/mol. The van der Waals surface area contributed by atoms with Gasteiger partial charge >= 0.3 is 17.7 Å². The fourth-order valence-electron chi connectivity index (χ4n) is 3.82. The zero-order chi connectivity index (χ0) is 22.9. The number of aromatic carboxylic acids is 1. The van der Waals surface area contributed by atoms with Crippen LogP contribution in [0, 0.1) is 0 Å². The SMILES string of the molecule is CCOc1nc2cccc(C(=O)O)c2n1-c1ccc(-c2ccccc2-c2nc(=O)o[nH]2)cc1. The van der Waals surface area contributed by atoms with Gasteiger partial charge in [0.05, 0.1) is 28.9 Å². The molecule has 3 aromatic carbocycles. The smallest absolute Gasteiger partial charge is 0.460 e. The van der Waals surface area contributed by atoms with Gasteiger partial charge in [-0.25, -0.2) is 9.59 Å². The first-order chi connectivity index (χ1) is 16.1. The van der Waals surface area contributed by atoms with Crippen LogP contribution >= 0.6 is 0 Å². The minimum atomic E-state index is -1.04. The Morgan fingerprint density at radius 2 is 1.79 bits per heavy atom. The molecule has 0 aliphatic heterocycles. The molecule has 2 heterocycles. The van der Waals surface area contributed by atoms with Gasteiger partial charge in [-0.2, -0.15) is 15.1 Å². The Hall–Kier alpha value is -4.66. The lowest BCUT2D eigenvalue weighted by Gasteiger charge is -2.12. The number of nitrogens with one attached hydrogen (secondary N) is 1. The number of imidazole rings is 1. The van der Waals surface area contributed by atoms with E-state index in [-0.39, 0.29) is 5.56 Å². The van der Waals surface area contributed by atoms with Crippen molar-refractivity contribution >= 4 is 17.0 Å². The number of carbonyl (C=O) groups is 1. The second kappa shape index (κ2) is 8.12. The Morgan fingerprint density at radius 1 is 1.03 bits per heavy atom. The summed E-state index contributed by atoms with van der Waals surface area (Å²) in [6.07, 6.45) is 0. The molecule has 33 heavy (non-hydrogen) atoms. The number of para-hydroxylation sites is 1. The van der Waals surface area contributed by atoms with E-state index in [1.54, 1.807) is 22.8 Å². The largest absolute Gasteiger partial charge is 0.478 e. The van der Waals surface area contributed by atoms with E-state index in [1.807, 2.05) is 55.5 Å². The van der Waals surface area contributed by atoms with Gasteiger partial charge in [0.1, 0.15) is 0 Å². The van der Waals surface area contributed by atoms with E-state index in [0.717, 1.165) is 11.1 Å². The molecule has 0 radical (unpaired) electrons. The van der Waals surface area contributed by atoms with Crippen LogP contribution in [0.15, 0.2) is 76.0 Å². The van der Waals surface area contributed by atoms with E-state index in [2.05, 4.69) is 15.1 Å². The van der Waals surface area contributed by atoms with Crippen LogP contribution in [0.1, 0.15) is 17.3 Å². The van der Waals surface area contributed by atoms with Gasteiger partial charge in [-0.15, -0.1) is 0 Å². The van der Waals surface area contributed by atoms with E-state index in [0.29, 0.717) is 40.7 Å². The van der Waals surface area contributed by atoms with Gasteiger partial charge in [-0.3, -0.25) is 4.57 Å². The average Bonchev–Trinajstić information content (AvgIpc) is 3.42. The molecule has 5 aromatic rings. The van der Waals surface area contributed by atoms with Gasteiger partial charge in [-0.1, -0.05) is 42.5 Å². The van der Waals surface area contributed by atoms with Crippen molar-refractivity contribution in [2.45, 2.75) is 6.92 Å². The van der Waals surface area contributed by atoms with Crippen molar-refractivity contribution in [2.24, 2.45) is 0 Å². The number of ether oxygens (including phenoxy) is 1. The summed E-state index contributed by atoms with van der Waals surface area (Å²) in [5, 5.41) is 12.2. The number of hydrogen-bond acceptors (Lipinski definition) is 6. The van der Waals surface area contributed by atoms with Crippen LogP contribution in [0.5, 0.6) is 6.01 Å². The first kappa shape index (κ1) is 20.3. The number of aromatic amines is 1. The molecule has 0 amide bonds. The number of hydrogen-bond donors (Lipinski definition) is 2. The Morgan fingerprint density at radius 3 is 2.45 bits per heavy atom. The molecule has 9 heteroatoms. The van der Waals surface area contributed by atoms with Crippen molar-refractivity contribution in [1.82, 2.24) is 19.7 Å². The number of nitrogens with zero attached hydrogens (tertiary/aromatic N) is 3. The summed E-state index contributed by atoms with van der Waals surface area (Å²) in [6, 6.07) is 20.3. The molecule has 9 nitrogen and oxygen atoms in total. The van der Waals surface area contributed by atoms with Crippen molar-refractivity contribution in [3.05, 3.63) is 82.8 Å². The fourth-order valence-corrected chi connectivity index (χ4v) is 3.82. The minimum Gasteiger partial charge on any atom is -0.478 e. The van der Waals surface area contributed by atoms with Crippen molar-refractivity contribution in [3.8, 4) is 34.2 Å². The summed E-state index contributed by atoms with van der Waals surface area (Å²) in [5.74, 6) is -1.40. The molecule has 164 valence electrons. The predicted octanol–water partition coefficient (Wildman–Crippen LogP) is 4.13. The Kier molecular flexibility index (Phi) is 4.98. The molecular formula is C24H18N4O5. The molecule has 0 saturated carbocycles. The highest BCUT2D eigenvalue weighted by Crippen LogP contribution is 2.33. The summed E-state index contributed by atoms with van der Waals surface area (Å²) < 4.78 is 12.1. The van der Waals surface area contributed by atoms with E-state index >= 15 is 0 Å².